The van der Waals surface area contributed by atoms with Crippen LogP contribution < -0.4 is 10.1 Å². The first-order valence-corrected chi connectivity index (χ1v) is 5.40. The Bertz CT molecular complexity index is 465. The molecule has 0 heterocycles. The summed E-state index contributed by atoms with van der Waals surface area (Å²) in [5.74, 6) is 0.621. The number of methoxy groups -OCH3 is 1. The van der Waals surface area contributed by atoms with Crippen molar-refractivity contribution >= 4 is 5.69 Å². The lowest BCUT2D eigenvalue weighted by atomic mass is 10.2. The van der Waals surface area contributed by atoms with Crippen LogP contribution >= 0.6 is 0 Å². The lowest BCUT2D eigenvalue weighted by molar-refractivity contribution is 0.415. The van der Waals surface area contributed by atoms with E-state index in [0.29, 0.717) is 6.54 Å². The van der Waals surface area contributed by atoms with E-state index in [1.807, 2.05) is 24.3 Å². The van der Waals surface area contributed by atoms with Gasteiger partial charge in [0.1, 0.15) is 11.6 Å². The molecule has 0 radical (unpaired) electrons. The zero-order valence-corrected chi connectivity index (χ0v) is 9.61. The van der Waals surface area contributed by atoms with E-state index in [2.05, 4.69) is 5.32 Å². The monoisotopic (exact) mass is 231 g/mol. The zero-order chi connectivity index (χ0) is 12.1. The molecule has 0 saturated heterocycles. The highest BCUT2D eigenvalue weighted by molar-refractivity contribution is 5.46. The number of rotatable bonds is 4. The number of anilines is 1. The molecule has 0 spiro atoms. The minimum atomic E-state index is -0.210. The van der Waals surface area contributed by atoms with E-state index in [4.69, 9.17) is 4.74 Å². The Kier molecular flexibility index (Phi) is 3.60. The minimum Gasteiger partial charge on any atom is -0.497 e. The van der Waals surface area contributed by atoms with Gasteiger partial charge in [-0.3, -0.25) is 0 Å². The Morgan fingerprint density at radius 1 is 1.00 bits per heavy atom. The van der Waals surface area contributed by atoms with Gasteiger partial charge in [0.25, 0.3) is 0 Å². The molecule has 0 aliphatic heterocycles. The van der Waals surface area contributed by atoms with Gasteiger partial charge >= 0.3 is 0 Å². The molecule has 3 heteroatoms. The van der Waals surface area contributed by atoms with Crippen molar-refractivity contribution in [3.8, 4) is 5.75 Å². The first-order chi connectivity index (χ1) is 8.28. The van der Waals surface area contributed by atoms with Crippen LogP contribution in [0.2, 0.25) is 0 Å². The summed E-state index contributed by atoms with van der Waals surface area (Å²) in [6.07, 6.45) is 0. The topological polar surface area (TPSA) is 21.3 Å². The third-order valence-corrected chi connectivity index (χ3v) is 2.50. The van der Waals surface area contributed by atoms with Gasteiger partial charge < -0.3 is 10.1 Å². The summed E-state index contributed by atoms with van der Waals surface area (Å²) in [6.45, 7) is 0.673. The minimum absolute atomic E-state index is 0.210. The molecule has 0 bridgehead atoms. The summed E-state index contributed by atoms with van der Waals surface area (Å²) in [6, 6.07) is 14.2. The molecular weight excluding hydrogens is 217 g/mol. The lowest BCUT2D eigenvalue weighted by Gasteiger charge is -2.07. The molecule has 0 aliphatic rings. The summed E-state index contributed by atoms with van der Waals surface area (Å²) in [5, 5.41) is 3.25. The largest absolute Gasteiger partial charge is 0.497 e. The summed E-state index contributed by atoms with van der Waals surface area (Å²) < 4.78 is 17.8. The van der Waals surface area contributed by atoms with Gasteiger partial charge in [-0.15, -0.1) is 0 Å². The molecule has 1 N–H and O–H groups in total. The van der Waals surface area contributed by atoms with E-state index in [9.17, 15) is 4.39 Å². The number of nitrogens with one attached hydrogen (secondary N) is 1. The van der Waals surface area contributed by atoms with Crippen LogP contribution in [0.3, 0.4) is 0 Å². The van der Waals surface area contributed by atoms with Gasteiger partial charge in [-0.05, 0) is 42.0 Å². The molecular formula is C14H14FNO. The van der Waals surface area contributed by atoms with E-state index >= 15 is 0 Å². The molecule has 2 aromatic rings. The van der Waals surface area contributed by atoms with E-state index in [1.165, 1.54) is 12.1 Å². The molecule has 0 saturated carbocycles. The van der Waals surface area contributed by atoms with Crippen LogP contribution in [0.5, 0.6) is 5.75 Å². The maximum Gasteiger partial charge on any atom is 0.123 e. The summed E-state index contributed by atoms with van der Waals surface area (Å²) in [4.78, 5) is 0. The first kappa shape index (κ1) is 11.5. The number of benzene rings is 2. The summed E-state index contributed by atoms with van der Waals surface area (Å²) in [5.41, 5.74) is 2.05. The van der Waals surface area contributed by atoms with Crippen molar-refractivity contribution in [2.75, 3.05) is 12.4 Å². The van der Waals surface area contributed by atoms with Crippen LogP contribution in [-0.4, -0.2) is 7.11 Å². The Morgan fingerprint density at radius 3 is 2.24 bits per heavy atom. The smallest absolute Gasteiger partial charge is 0.123 e. The number of halogens is 1. The van der Waals surface area contributed by atoms with Crippen molar-refractivity contribution in [3.05, 3.63) is 59.9 Å². The summed E-state index contributed by atoms with van der Waals surface area (Å²) in [7, 11) is 1.64. The average Bonchev–Trinajstić information content (AvgIpc) is 2.39. The number of ether oxygens (including phenoxy) is 1. The number of hydrogen-bond donors (Lipinski definition) is 1. The predicted octanol–water partition coefficient (Wildman–Crippen LogP) is 3.45. The molecule has 0 atom stereocenters. The third kappa shape index (κ3) is 3.21. The standard InChI is InChI=1S/C14H14FNO/c1-17-14-8-6-13(7-9-14)16-10-11-2-4-12(15)5-3-11/h2-9,16H,10H2,1H3. The fraction of sp³-hybridized carbons (Fsp3) is 0.143. The van der Waals surface area contributed by atoms with E-state index in [0.717, 1.165) is 17.0 Å². The molecule has 2 rings (SSSR count). The van der Waals surface area contributed by atoms with E-state index in [1.54, 1.807) is 19.2 Å². The average molecular weight is 231 g/mol. The molecule has 88 valence electrons. The Hall–Kier alpha value is -2.03. The Balaban J connectivity index is 1.95. The van der Waals surface area contributed by atoms with Crippen molar-refractivity contribution in [1.82, 2.24) is 0 Å². The highest BCUT2D eigenvalue weighted by Gasteiger charge is 1.96. The predicted molar refractivity (Wildman–Crippen MR) is 66.7 cm³/mol. The van der Waals surface area contributed by atoms with E-state index < -0.39 is 0 Å². The fourth-order valence-corrected chi connectivity index (χ4v) is 1.52. The van der Waals surface area contributed by atoms with Crippen molar-refractivity contribution in [3.63, 3.8) is 0 Å². The molecule has 17 heavy (non-hydrogen) atoms. The molecule has 0 aliphatic carbocycles. The summed E-state index contributed by atoms with van der Waals surface area (Å²) >= 11 is 0. The second-order valence-electron chi connectivity index (χ2n) is 3.71. The second kappa shape index (κ2) is 5.34. The highest BCUT2D eigenvalue weighted by Crippen LogP contribution is 2.15. The number of hydrogen-bond acceptors (Lipinski definition) is 2. The van der Waals surface area contributed by atoms with Gasteiger partial charge in [0.2, 0.25) is 0 Å². The maximum atomic E-state index is 12.7. The fourth-order valence-electron chi connectivity index (χ4n) is 1.52. The zero-order valence-electron chi connectivity index (χ0n) is 9.61. The molecule has 2 aromatic carbocycles. The van der Waals surface area contributed by atoms with Crippen LogP contribution in [0.15, 0.2) is 48.5 Å². The van der Waals surface area contributed by atoms with Crippen LogP contribution in [-0.2, 0) is 6.54 Å². The quantitative estimate of drug-likeness (QED) is 0.870. The maximum absolute atomic E-state index is 12.7. The Morgan fingerprint density at radius 2 is 1.65 bits per heavy atom. The molecule has 2 nitrogen and oxygen atoms in total. The first-order valence-electron chi connectivity index (χ1n) is 5.40. The van der Waals surface area contributed by atoms with Gasteiger partial charge in [0.05, 0.1) is 7.11 Å². The molecule has 0 amide bonds. The van der Waals surface area contributed by atoms with Crippen molar-refractivity contribution in [2.45, 2.75) is 6.54 Å². The SMILES string of the molecule is COc1ccc(NCc2ccc(F)cc2)cc1. The van der Waals surface area contributed by atoms with Crippen molar-refractivity contribution < 1.29 is 9.13 Å². The van der Waals surface area contributed by atoms with Gasteiger partial charge in [-0.25, -0.2) is 4.39 Å². The van der Waals surface area contributed by atoms with Crippen LogP contribution in [0.4, 0.5) is 10.1 Å². The van der Waals surface area contributed by atoms with Crippen molar-refractivity contribution in [1.29, 1.82) is 0 Å². The Labute approximate surface area is 100 Å². The van der Waals surface area contributed by atoms with E-state index in [-0.39, 0.29) is 5.82 Å². The van der Waals surface area contributed by atoms with Gasteiger partial charge in [-0.1, -0.05) is 12.1 Å². The van der Waals surface area contributed by atoms with Crippen LogP contribution in [0.25, 0.3) is 0 Å². The highest BCUT2D eigenvalue weighted by atomic mass is 19.1. The lowest BCUT2D eigenvalue weighted by Crippen LogP contribution is -1.99. The van der Waals surface area contributed by atoms with Gasteiger partial charge in [0, 0.05) is 12.2 Å². The molecule has 0 fully saturated rings. The van der Waals surface area contributed by atoms with Crippen LogP contribution in [0.1, 0.15) is 5.56 Å². The van der Waals surface area contributed by atoms with Gasteiger partial charge in [0.15, 0.2) is 0 Å². The second-order valence-corrected chi connectivity index (χ2v) is 3.71. The van der Waals surface area contributed by atoms with Crippen molar-refractivity contribution in [2.24, 2.45) is 0 Å². The van der Waals surface area contributed by atoms with Crippen LogP contribution in [0, 0.1) is 5.82 Å². The molecule has 0 aromatic heterocycles. The normalized spacial score (nSPS) is 10.0. The van der Waals surface area contributed by atoms with Gasteiger partial charge in [-0.2, -0.15) is 0 Å². The molecule has 0 unspecified atom stereocenters. The third-order valence-electron chi connectivity index (χ3n) is 2.50.